The summed E-state index contributed by atoms with van der Waals surface area (Å²) in [4.78, 5) is 0. The third-order valence-electron chi connectivity index (χ3n) is 3.12. The molecule has 118 valence electrons. The van der Waals surface area contributed by atoms with Gasteiger partial charge in [-0.3, -0.25) is 0 Å². The summed E-state index contributed by atoms with van der Waals surface area (Å²) >= 11 is 3.18. The zero-order valence-corrected chi connectivity index (χ0v) is 13.8. The van der Waals surface area contributed by atoms with Crippen molar-refractivity contribution in [3.63, 3.8) is 0 Å². The number of aromatic nitrogens is 2. The van der Waals surface area contributed by atoms with Crippen LogP contribution in [0, 0.1) is 0 Å². The number of ether oxygens (including phenoxy) is 3. The predicted octanol–water partition coefficient (Wildman–Crippen LogP) is 3.15. The number of benzene rings is 1. The van der Waals surface area contributed by atoms with Crippen LogP contribution in [0.15, 0.2) is 28.6 Å². The zero-order chi connectivity index (χ0) is 15.2. The summed E-state index contributed by atoms with van der Waals surface area (Å²) < 4.78 is 16.9. The van der Waals surface area contributed by atoms with E-state index in [9.17, 15) is 0 Å². The van der Waals surface area contributed by atoms with Gasteiger partial charge in [0, 0.05) is 5.75 Å². The molecule has 6 nitrogen and oxygen atoms in total. The Bertz CT molecular complexity index is 603. The summed E-state index contributed by atoms with van der Waals surface area (Å²) in [7, 11) is 1.65. The summed E-state index contributed by atoms with van der Waals surface area (Å²) in [6.45, 7) is 1.16. The van der Waals surface area contributed by atoms with Gasteiger partial charge in [0.15, 0.2) is 4.34 Å². The lowest BCUT2D eigenvalue weighted by molar-refractivity contribution is -0.130. The van der Waals surface area contributed by atoms with Crippen molar-refractivity contribution in [3.8, 4) is 5.75 Å². The average molecular weight is 339 g/mol. The van der Waals surface area contributed by atoms with Crippen LogP contribution in [-0.4, -0.2) is 42.6 Å². The zero-order valence-electron chi connectivity index (χ0n) is 12.2. The van der Waals surface area contributed by atoms with Crippen LogP contribution in [0.4, 0.5) is 10.8 Å². The van der Waals surface area contributed by atoms with Crippen LogP contribution >= 0.6 is 23.1 Å². The summed E-state index contributed by atoms with van der Waals surface area (Å²) in [5.74, 6) is 1.65. The van der Waals surface area contributed by atoms with Crippen LogP contribution in [0.3, 0.4) is 0 Å². The van der Waals surface area contributed by atoms with E-state index in [1.54, 1.807) is 18.9 Å². The topological polar surface area (TPSA) is 65.5 Å². The maximum absolute atomic E-state index is 5.51. The number of para-hydroxylation sites is 2. The highest BCUT2D eigenvalue weighted by atomic mass is 32.2. The van der Waals surface area contributed by atoms with E-state index in [1.807, 2.05) is 24.3 Å². The van der Waals surface area contributed by atoms with E-state index in [4.69, 9.17) is 14.2 Å². The molecular weight excluding hydrogens is 322 g/mol. The normalized spacial score (nSPS) is 18.1. The number of hydrogen-bond acceptors (Lipinski definition) is 8. The number of nitrogens with zero attached hydrogens (tertiary/aromatic N) is 2. The quantitative estimate of drug-likeness (QED) is 0.811. The van der Waals surface area contributed by atoms with E-state index in [0.29, 0.717) is 6.79 Å². The summed E-state index contributed by atoms with van der Waals surface area (Å²) in [5.41, 5.74) is 0.880. The molecular formula is C14H17N3O3S2. The number of rotatable bonds is 6. The molecule has 1 saturated heterocycles. The van der Waals surface area contributed by atoms with Crippen molar-refractivity contribution in [2.75, 3.05) is 31.6 Å². The van der Waals surface area contributed by atoms with E-state index in [0.717, 1.165) is 39.7 Å². The molecule has 1 fully saturated rings. The van der Waals surface area contributed by atoms with E-state index in [-0.39, 0.29) is 6.10 Å². The minimum atomic E-state index is 0.230. The number of nitrogens with one attached hydrogen (secondary N) is 1. The number of anilines is 2. The lowest BCUT2D eigenvalue weighted by Gasteiger charge is -2.21. The van der Waals surface area contributed by atoms with Gasteiger partial charge in [-0.2, -0.15) is 0 Å². The second-order valence-corrected chi connectivity index (χ2v) is 6.86. The Morgan fingerprint density at radius 2 is 2.32 bits per heavy atom. The first-order chi connectivity index (χ1) is 10.8. The van der Waals surface area contributed by atoms with Crippen molar-refractivity contribution in [1.82, 2.24) is 10.2 Å². The largest absolute Gasteiger partial charge is 0.495 e. The molecule has 1 aromatic carbocycles. The van der Waals surface area contributed by atoms with E-state index >= 15 is 0 Å². The maximum Gasteiger partial charge on any atom is 0.210 e. The summed E-state index contributed by atoms with van der Waals surface area (Å²) in [5, 5.41) is 12.3. The molecule has 22 heavy (non-hydrogen) atoms. The molecule has 0 amide bonds. The fourth-order valence-corrected chi connectivity index (χ4v) is 3.84. The molecule has 0 radical (unpaired) electrons. The first kappa shape index (κ1) is 15.5. The molecule has 0 aliphatic carbocycles. The van der Waals surface area contributed by atoms with Crippen LogP contribution in [0.1, 0.15) is 6.42 Å². The fraction of sp³-hybridized carbons (Fsp3) is 0.429. The first-order valence-corrected chi connectivity index (χ1v) is 8.71. The molecule has 0 bridgehead atoms. The third kappa shape index (κ3) is 4.10. The molecule has 1 aliphatic heterocycles. The minimum Gasteiger partial charge on any atom is -0.495 e. The Morgan fingerprint density at radius 3 is 3.14 bits per heavy atom. The lowest BCUT2D eigenvalue weighted by Crippen LogP contribution is -2.25. The van der Waals surface area contributed by atoms with Crippen LogP contribution in [0.5, 0.6) is 5.75 Å². The molecule has 1 N–H and O–H groups in total. The Morgan fingerprint density at radius 1 is 1.41 bits per heavy atom. The van der Waals surface area contributed by atoms with E-state index in [1.165, 1.54) is 11.3 Å². The van der Waals surface area contributed by atoms with Gasteiger partial charge in [0.25, 0.3) is 0 Å². The molecule has 0 spiro atoms. The van der Waals surface area contributed by atoms with Gasteiger partial charge < -0.3 is 19.5 Å². The monoisotopic (exact) mass is 339 g/mol. The van der Waals surface area contributed by atoms with Gasteiger partial charge >= 0.3 is 0 Å². The van der Waals surface area contributed by atoms with Crippen molar-refractivity contribution >= 4 is 33.9 Å². The molecule has 0 saturated carbocycles. The number of thioether (sulfide) groups is 1. The molecule has 8 heteroatoms. The van der Waals surface area contributed by atoms with Crippen LogP contribution in [0.2, 0.25) is 0 Å². The second kappa shape index (κ2) is 7.77. The Balaban J connectivity index is 1.56. The summed E-state index contributed by atoms with van der Waals surface area (Å²) in [6.07, 6.45) is 1.16. The minimum absolute atomic E-state index is 0.230. The lowest BCUT2D eigenvalue weighted by atomic mass is 10.3. The fourth-order valence-electron chi connectivity index (χ4n) is 1.98. The molecule has 0 unspecified atom stereocenters. The van der Waals surface area contributed by atoms with Gasteiger partial charge in [0.1, 0.15) is 12.5 Å². The molecule has 1 atom stereocenters. The van der Waals surface area contributed by atoms with Gasteiger partial charge in [-0.05, 0) is 18.6 Å². The Hall–Kier alpha value is -1.35. The van der Waals surface area contributed by atoms with Crippen LogP contribution < -0.4 is 10.1 Å². The average Bonchev–Trinajstić information content (AvgIpc) is 3.02. The second-order valence-electron chi connectivity index (χ2n) is 4.61. The third-order valence-corrected chi connectivity index (χ3v) is 5.22. The highest BCUT2D eigenvalue weighted by Gasteiger charge is 2.16. The van der Waals surface area contributed by atoms with E-state index < -0.39 is 0 Å². The summed E-state index contributed by atoms with van der Waals surface area (Å²) in [6, 6.07) is 7.73. The maximum atomic E-state index is 5.51. The van der Waals surface area contributed by atoms with Crippen LogP contribution in [-0.2, 0) is 9.47 Å². The van der Waals surface area contributed by atoms with Gasteiger partial charge in [0.05, 0.1) is 25.5 Å². The predicted molar refractivity (Wildman–Crippen MR) is 87.2 cm³/mol. The molecule has 1 aliphatic rings. The Labute approximate surface area is 137 Å². The molecule has 2 aromatic rings. The number of methoxy groups -OCH3 is 1. The smallest absolute Gasteiger partial charge is 0.210 e. The number of hydrogen-bond donors (Lipinski definition) is 1. The van der Waals surface area contributed by atoms with Gasteiger partial charge in [-0.25, -0.2) is 0 Å². The highest BCUT2D eigenvalue weighted by Crippen LogP contribution is 2.32. The van der Waals surface area contributed by atoms with Crippen molar-refractivity contribution in [3.05, 3.63) is 24.3 Å². The van der Waals surface area contributed by atoms with Crippen molar-refractivity contribution < 1.29 is 14.2 Å². The van der Waals surface area contributed by atoms with Gasteiger partial charge in [-0.15, -0.1) is 10.2 Å². The molecule has 1 aromatic heterocycles. The highest BCUT2D eigenvalue weighted by molar-refractivity contribution is 8.01. The van der Waals surface area contributed by atoms with Gasteiger partial charge in [0.2, 0.25) is 5.13 Å². The Kier molecular flexibility index (Phi) is 5.49. The van der Waals surface area contributed by atoms with Crippen molar-refractivity contribution in [2.45, 2.75) is 16.9 Å². The van der Waals surface area contributed by atoms with Gasteiger partial charge in [-0.1, -0.05) is 35.2 Å². The van der Waals surface area contributed by atoms with Crippen LogP contribution in [0.25, 0.3) is 0 Å². The van der Waals surface area contributed by atoms with Crippen molar-refractivity contribution in [1.29, 1.82) is 0 Å². The molecule has 2 heterocycles. The first-order valence-electron chi connectivity index (χ1n) is 6.91. The van der Waals surface area contributed by atoms with E-state index in [2.05, 4.69) is 15.5 Å². The van der Waals surface area contributed by atoms with Crippen molar-refractivity contribution in [2.24, 2.45) is 0 Å². The molecule has 3 rings (SSSR count). The SMILES string of the molecule is COc1ccccc1Nc1nnc(SC[C@H]2CCOCO2)s1. The standard InChI is InChI=1S/C14H17N3O3S2/c1-18-12-5-3-2-4-11(12)15-13-16-17-14(22-13)21-8-10-6-7-19-9-20-10/h2-5,10H,6-9H2,1H3,(H,15,16)/t10-/m1/s1.